The normalized spacial score (nSPS) is 13.9. The van der Waals surface area contributed by atoms with Gasteiger partial charge in [-0.05, 0) is 83.4 Å². The minimum Gasteiger partial charge on any atom is -0.488 e. The summed E-state index contributed by atoms with van der Waals surface area (Å²) >= 11 is 1.79. The number of hydrogen-bond donors (Lipinski definition) is 1. The molecule has 0 spiro atoms. The lowest BCUT2D eigenvalue weighted by atomic mass is 9.76. The SMILES string of the molecule is CCC(CC)(c1ccc(OC(C)(C)CC(C)(C)C(=O)OC)cc1)c1nc(C)c(CCC(O)C(C)(C)C)s1. The quantitative estimate of drug-likeness (QED) is 0.285. The van der Waals surface area contributed by atoms with Gasteiger partial charge >= 0.3 is 5.97 Å². The lowest BCUT2D eigenvalue weighted by Gasteiger charge is -2.34. The molecule has 0 saturated carbocycles. The standard InChI is InChI=1S/C31H49NO4S/c1-12-31(13-2,26-32-21(3)24(37-26)18-19-25(33)28(4,5)6)22-14-16-23(17-15-22)36-30(9,10)20-29(7,8)27(34)35-11/h14-17,25,33H,12-13,18-20H2,1-11H3. The molecule has 0 bridgehead atoms. The summed E-state index contributed by atoms with van der Waals surface area (Å²) in [4.78, 5) is 18.5. The Morgan fingerprint density at radius 3 is 2.08 bits per heavy atom. The van der Waals surface area contributed by atoms with Gasteiger partial charge in [0.2, 0.25) is 0 Å². The monoisotopic (exact) mass is 531 g/mol. The molecule has 37 heavy (non-hydrogen) atoms. The van der Waals surface area contributed by atoms with Gasteiger partial charge < -0.3 is 14.6 Å². The van der Waals surface area contributed by atoms with E-state index in [-0.39, 0.29) is 22.9 Å². The summed E-state index contributed by atoms with van der Waals surface area (Å²) in [5.74, 6) is 0.545. The molecule has 6 heteroatoms. The summed E-state index contributed by atoms with van der Waals surface area (Å²) in [6, 6.07) is 8.37. The Bertz CT molecular complexity index is 1030. The van der Waals surface area contributed by atoms with Gasteiger partial charge in [-0.3, -0.25) is 4.79 Å². The highest BCUT2D eigenvalue weighted by molar-refractivity contribution is 7.12. The number of methoxy groups -OCH3 is 1. The van der Waals surface area contributed by atoms with E-state index in [2.05, 4.69) is 53.7 Å². The number of esters is 1. The number of nitrogens with zero attached hydrogens (tertiary/aromatic N) is 1. The number of benzene rings is 1. The molecule has 2 rings (SSSR count). The Labute approximate surface area is 229 Å². The molecule has 0 aliphatic carbocycles. The Hall–Kier alpha value is -1.92. The van der Waals surface area contributed by atoms with E-state index in [1.807, 2.05) is 39.8 Å². The van der Waals surface area contributed by atoms with Crippen LogP contribution in [0.15, 0.2) is 24.3 Å². The maximum absolute atomic E-state index is 12.2. The third-order valence-electron chi connectivity index (χ3n) is 7.56. The zero-order valence-corrected chi connectivity index (χ0v) is 25.8. The van der Waals surface area contributed by atoms with E-state index in [4.69, 9.17) is 14.5 Å². The predicted octanol–water partition coefficient (Wildman–Crippen LogP) is 7.64. The van der Waals surface area contributed by atoms with Crippen LogP contribution in [-0.4, -0.2) is 34.9 Å². The van der Waals surface area contributed by atoms with Crippen LogP contribution in [0.3, 0.4) is 0 Å². The van der Waals surface area contributed by atoms with Crippen LogP contribution < -0.4 is 4.74 Å². The second kappa shape index (κ2) is 11.9. The fourth-order valence-electron chi connectivity index (χ4n) is 5.26. The number of aromatic nitrogens is 1. The first-order chi connectivity index (χ1) is 17.0. The van der Waals surface area contributed by atoms with Crippen molar-refractivity contribution < 1.29 is 19.4 Å². The van der Waals surface area contributed by atoms with E-state index in [1.54, 1.807) is 11.3 Å². The zero-order valence-electron chi connectivity index (χ0n) is 24.9. The van der Waals surface area contributed by atoms with Crippen LogP contribution in [0.4, 0.5) is 0 Å². The molecule has 5 nitrogen and oxygen atoms in total. The van der Waals surface area contributed by atoms with E-state index in [1.165, 1.54) is 17.6 Å². The molecule has 208 valence electrons. The molecule has 1 aromatic carbocycles. The van der Waals surface area contributed by atoms with E-state index < -0.39 is 11.0 Å². The fraction of sp³-hybridized carbons (Fsp3) is 0.677. The van der Waals surface area contributed by atoms with Gasteiger partial charge in [0.25, 0.3) is 0 Å². The zero-order chi connectivity index (χ0) is 28.2. The highest BCUT2D eigenvalue weighted by Gasteiger charge is 2.38. The average molecular weight is 532 g/mol. The summed E-state index contributed by atoms with van der Waals surface area (Å²) in [6.45, 7) is 20.6. The Morgan fingerprint density at radius 2 is 1.59 bits per heavy atom. The van der Waals surface area contributed by atoms with Crippen LogP contribution in [-0.2, 0) is 21.4 Å². The largest absolute Gasteiger partial charge is 0.488 e. The van der Waals surface area contributed by atoms with Crippen molar-refractivity contribution in [2.24, 2.45) is 10.8 Å². The van der Waals surface area contributed by atoms with Crippen molar-refractivity contribution in [3.8, 4) is 5.75 Å². The van der Waals surface area contributed by atoms with Crippen LogP contribution in [0.2, 0.25) is 0 Å². The van der Waals surface area contributed by atoms with Crippen molar-refractivity contribution in [3.63, 3.8) is 0 Å². The summed E-state index contributed by atoms with van der Waals surface area (Å²) in [5.41, 5.74) is 0.837. The highest BCUT2D eigenvalue weighted by atomic mass is 32.1. The Morgan fingerprint density at radius 1 is 1.03 bits per heavy atom. The number of rotatable bonds is 12. The van der Waals surface area contributed by atoms with Crippen molar-refractivity contribution in [2.45, 2.75) is 118 Å². The predicted molar refractivity (Wildman–Crippen MR) is 154 cm³/mol. The van der Waals surface area contributed by atoms with Gasteiger partial charge in [-0.2, -0.15) is 0 Å². The fourth-order valence-corrected chi connectivity index (χ4v) is 6.69. The third-order valence-corrected chi connectivity index (χ3v) is 8.98. The van der Waals surface area contributed by atoms with Gasteiger partial charge in [-0.25, -0.2) is 4.98 Å². The lowest BCUT2D eigenvalue weighted by molar-refractivity contribution is -0.153. The van der Waals surface area contributed by atoms with Crippen LogP contribution in [0.25, 0.3) is 0 Å². The number of thiazole rings is 1. The molecule has 0 aliphatic rings. The molecule has 1 N–H and O–H groups in total. The maximum atomic E-state index is 12.2. The van der Waals surface area contributed by atoms with Crippen molar-refractivity contribution >= 4 is 17.3 Å². The molecule has 2 aromatic rings. The third kappa shape index (κ3) is 7.57. The lowest BCUT2D eigenvalue weighted by Crippen LogP contribution is -2.38. The first kappa shape index (κ1) is 31.3. The summed E-state index contributed by atoms with van der Waals surface area (Å²) < 4.78 is 11.3. The van der Waals surface area contributed by atoms with Crippen LogP contribution >= 0.6 is 11.3 Å². The van der Waals surface area contributed by atoms with E-state index >= 15 is 0 Å². The van der Waals surface area contributed by atoms with E-state index in [0.717, 1.165) is 42.1 Å². The maximum Gasteiger partial charge on any atom is 0.311 e. The summed E-state index contributed by atoms with van der Waals surface area (Å²) in [5, 5.41) is 11.7. The molecule has 1 heterocycles. The Balaban J connectivity index is 2.27. The highest BCUT2D eigenvalue weighted by Crippen LogP contribution is 2.43. The first-order valence-electron chi connectivity index (χ1n) is 13.5. The summed E-state index contributed by atoms with van der Waals surface area (Å²) in [7, 11) is 1.42. The molecule has 1 atom stereocenters. The second-order valence-corrected chi connectivity index (χ2v) is 13.8. The van der Waals surface area contributed by atoms with Crippen molar-refractivity contribution in [3.05, 3.63) is 45.4 Å². The van der Waals surface area contributed by atoms with Gasteiger partial charge in [0, 0.05) is 16.7 Å². The van der Waals surface area contributed by atoms with Gasteiger partial charge in [-0.15, -0.1) is 11.3 Å². The van der Waals surface area contributed by atoms with Crippen molar-refractivity contribution in [2.75, 3.05) is 7.11 Å². The molecule has 1 aromatic heterocycles. The number of hydrogen-bond acceptors (Lipinski definition) is 6. The molecule has 1 unspecified atom stereocenters. The van der Waals surface area contributed by atoms with Gasteiger partial charge in [0.1, 0.15) is 16.4 Å². The van der Waals surface area contributed by atoms with Crippen LogP contribution in [0.5, 0.6) is 5.75 Å². The van der Waals surface area contributed by atoms with Gasteiger partial charge in [0.05, 0.1) is 24.3 Å². The van der Waals surface area contributed by atoms with Crippen molar-refractivity contribution in [1.82, 2.24) is 4.98 Å². The van der Waals surface area contributed by atoms with E-state index in [9.17, 15) is 9.90 Å². The molecule has 0 fully saturated rings. The smallest absolute Gasteiger partial charge is 0.311 e. The summed E-state index contributed by atoms with van der Waals surface area (Å²) in [6.07, 6.45) is 3.67. The minimum absolute atomic E-state index is 0.120. The molecule has 0 radical (unpaired) electrons. The van der Waals surface area contributed by atoms with Crippen LogP contribution in [0.1, 0.15) is 109 Å². The minimum atomic E-state index is -0.638. The molecule has 0 saturated heterocycles. The number of carbonyl (C=O) groups is 1. The first-order valence-corrected chi connectivity index (χ1v) is 14.4. The van der Waals surface area contributed by atoms with Crippen molar-refractivity contribution in [1.29, 1.82) is 0 Å². The number of aryl methyl sites for hydroxylation is 2. The molecular weight excluding hydrogens is 482 g/mol. The van der Waals surface area contributed by atoms with E-state index in [0.29, 0.717) is 6.42 Å². The van der Waals surface area contributed by atoms with Crippen LogP contribution in [0, 0.1) is 17.8 Å². The number of carbonyl (C=O) groups excluding carboxylic acids is 1. The number of ether oxygens (including phenoxy) is 2. The molecular formula is C31H49NO4S. The average Bonchev–Trinajstić information content (AvgIpc) is 3.18. The number of aliphatic hydroxyl groups excluding tert-OH is 1. The van der Waals surface area contributed by atoms with Gasteiger partial charge in [-0.1, -0.05) is 46.8 Å². The molecule has 0 aliphatic heterocycles. The van der Waals surface area contributed by atoms with Gasteiger partial charge in [0.15, 0.2) is 0 Å². The topological polar surface area (TPSA) is 68.7 Å². The second-order valence-electron chi connectivity index (χ2n) is 12.7. The molecule has 0 amide bonds. The number of aliphatic hydroxyl groups is 1. The Kier molecular flexibility index (Phi) is 10.0.